The zero-order valence-corrected chi connectivity index (χ0v) is 9.18. The van der Waals surface area contributed by atoms with Gasteiger partial charge in [-0.15, -0.1) is 6.58 Å². The van der Waals surface area contributed by atoms with Crippen LogP contribution in [0.15, 0.2) is 12.2 Å². The Morgan fingerprint density at radius 2 is 2.08 bits per heavy atom. The molecule has 0 aromatic heterocycles. The highest BCUT2D eigenvalue weighted by Gasteiger charge is 2.14. The van der Waals surface area contributed by atoms with Crippen molar-refractivity contribution in [3.05, 3.63) is 12.2 Å². The van der Waals surface area contributed by atoms with Gasteiger partial charge in [-0.05, 0) is 34.1 Å². The minimum Gasteiger partial charge on any atom is -0.374 e. The highest BCUT2D eigenvalue weighted by Crippen LogP contribution is 2.09. The molecular weight excluding hydrogens is 164 g/mol. The smallest absolute Gasteiger partial charge is 0.0643 e. The van der Waals surface area contributed by atoms with Crippen molar-refractivity contribution in [2.75, 3.05) is 6.61 Å². The molecule has 0 spiro atoms. The Morgan fingerprint density at radius 3 is 2.38 bits per heavy atom. The Kier molecular flexibility index (Phi) is 5.21. The van der Waals surface area contributed by atoms with Crippen LogP contribution < -0.4 is 11.3 Å². The number of hydrazine groups is 1. The number of ether oxygens (including phenoxy) is 1. The van der Waals surface area contributed by atoms with Crippen molar-refractivity contribution in [1.29, 1.82) is 0 Å². The van der Waals surface area contributed by atoms with Gasteiger partial charge in [-0.3, -0.25) is 11.3 Å². The summed E-state index contributed by atoms with van der Waals surface area (Å²) in [4.78, 5) is 0. The lowest BCUT2D eigenvalue weighted by atomic mass is 10.1. The van der Waals surface area contributed by atoms with Crippen molar-refractivity contribution in [3.8, 4) is 0 Å². The SMILES string of the molecule is C=C(C)CC(COC(C)(C)C)NN. The van der Waals surface area contributed by atoms with Crippen LogP contribution >= 0.6 is 0 Å². The van der Waals surface area contributed by atoms with E-state index in [2.05, 4.69) is 12.0 Å². The molecule has 78 valence electrons. The summed E-state index contributed by atoms with van der Waals surface area (Å²) >= 11 is 0. The first kappa shape index (κ1) is 12.6. The van der Waals surface area contributed by atoms with Crippen molar-refractivity contribution in [2.24, 2.45) is 5.84 Å². The largest absolute Gasteiger partial charge is 0.374 e. The van der Waals surface area contributed by atoms with E-state index in [1.807, 2.05) is 27.7 Å². The summed E-state index contributed by atoms with van der Waals surface area (Å²) < 4.78 is 5.60. The molecule has 1 atom stereocenters. The molecule has 3 nitrogen and oxygen atoms in total. The van der Waals surface area contributed by atoms with Gasteiger partial charge in [0.1, 0.15) is 0 Å². The molecule has 0 aromatic rings. The number of rotatable bonds is 5. The van der Waals surface area contributed by atoms with Crippen LogP contribution in [0.2, 0.25) is 0 Å². The van der Waals surface area contributed by atoms with Gasteiger partial charge in [0.15, 0.2) is 0 Å². The van der Waals surface area contributed by atoms with Crippen LogP contribution in [0.3, 0.4) is 0 Å². The molecule has 0 aromatic carbocycles. The van der Waals surface area contributed by atoms with Gasteiger partial charge in [0, 0.05) is 6.04 Å². The maximum Gasteiger partial charge on any atom is 0.0643 e. The second-order valence-electron chi connectivity index (χ2n) is 4.45. The van der Waals surface area contributed by atoms with E-state index in [1.54, 1.807) is 0 Å². The monoisotopic (exact) mass is 186 g/mol. The molecule has 13 heavy (non-hydrogen) atoms. The third kappa shape index (κ3) is 7.96. The first-order chi connectivity index (χ1) is 5.85. The average molecular weight is 186 g/mol. The van der Waals surface area contributed by atoms with Crippen molar-refractivity contribution < 1.29 is 4.74 Å². The Hall–Kier alpha value is -0.380. The van der Waals surface area contributed by atoms with Crippen LogP contribution in [-0.4, -0.2) is 18.2 Å². The number of hydrogen-bond acceptors (Lipinski definition) is 3. The summed E-state index contributed by atoms with van der Waals surface area (Å²) in [5.41, 5.74) is 3.72. The molecule has 0 aliphatic heterocycles. The summed E-state index contributed by atoms with van der Waals surface area (Å²) in [7, 11) is 0. The molecule has 0 amide bonds. The van der Waals surface area contributed by atoms with E-state index < -0.39 is 0 Å². The van der Waals surface area contributed by atoms with Crippen LogP contribution in [0.1, 0.15) is 34.1 Å². The van der Waals surface area contributed by atoms with E-state index in [-0.39, 0.29) is 11.6 Å². The lowest BCUT2D eigenvalue weighted by Crippen LogP contribution is -2.40. The fourth-order valence-corrected chi connectivity index (χ4v) is 0.937. The summed E-state index contributed by atoms with van der Waals surface area (Å²) in [6, 6.07) is 0.164. The van der Waals surface area contributed by atoms with Gasteiger partial charge in [0.05, 0.1) is 12.2 Å². The van der Waals surface area contributed by atoms with Crippen LogP contribution in [-0.2, 0) is 4.74 Å². The minimum atomic E-state index is -0.107. The topological polar surface area (TPSA) is 47.3 Å². The molecule has 0 rings (SSSR count). The fraction of sp³-hybridized carbons (Fsp3) is 0.800. The van der Waals surface area contributed by atoms with E-state index in [0.717, 1.165) is 12.0 Å². The van der Waals surface area contributed by atoms with Crippen LogP contribution in [0, 0.1) is 0 Å². The van der Waals surface area contributed by atoms with Gasteiger partial charge in [0.2, 0.25) is 0 Å². The van der Waals surface area contributed by atoms with Crippen molar-refractivity contribution in [2.45, 2.75) is 45.8 Å². The molecule has 0 saturated carbocycles. The minimum absolute atomic E-state index is 0.107. The summed E-state index contributed by atoms with van der Waals surface area (Å²) in [6.07, 6.45) is 0.854. The first-order valence-corrected chi connectivity index (χ1v) is 4.59. The van der Waals surface area contributed by atoms with Crippen LogP contribution in [0.4, 0.5) is 0 Å². The maximum atomic E-state index is 5.60. The standard InChI is InChI=1S/C10H22N2O/c1-8(2)6-9(12-11)7-13-10(3,4)5/h9,12H,1,6-7,11H2,2-5H3. The molecule has 0 saturated heterocycles. The molecule has 0 bridgehead atoms. The number of nitrogens with one attached hydrogen (secondary N) is 1. The lowest BCUT2D eigenvalue weighted by molar-refractivity contribution is -0.0143. The summed E-state index contributed by atoms with van der Waals surface area (Å²) in [5.74, 6) is 5.38. The van der Waals surface area contributed by atoms with Gasteiger partial charge in [-0.1, -0.05) is 5.57 Å². The van der Waals surface area contributed by atoms with E-state index in [0.29, 0.717) is 6.61 Å². The number of nitrogens with two attached hydrogens (primary N) is 1. The number of hydrogen-bond donors (Lipinski definition) is 2. The van der Waals surface area contributed by atoms with Gasteiger partial charge >= 0.3 is 0 Å². The van der Waals surface area contributed by atoms with Gasteiger partial charge in [0.25, 0.3) is 0 Å². The molecule has 0 heterocycles. The predicted molar refractivity (Wildman–Crippen MR) is 56.2 cm³/mol. The molecule has 1 unspecified atom stereocenters. The third-order valence-corrected chi connectivity index (χ3v) is 1.55. The van der Waals surface area contributed by atoms with E-state index in [9.17, 15) is 0 Å². The van der Waals surface area contributed by atoms with Crippen LogP contribution in [0.5, 0.6) is 0 Å². The van der Waals surface area contributed by atoms with E-state index in [1.165, 1.54) is 0 Å². The molecule has 0 aliphatic carbocycles. The Bertz CT molecular complexity index is 161. The Labute approximate surface area is 81.3 Å². The Balaban J connectivity index is 3.79. The highest BCUT2D eigenvalue weighted by atomic mass is 16.5. The Morgan fingerprint density at radius 1 is 1.54 bits per heavy atom. The van der Waals surface area contributed by atoms with E-state index in [4.69, 9.17) is 10.6 Å². The zero-order chi connectivity index (χ0) is 10.5. The molecule has 0 radical (unpaired) electrons. The van der Waals surface area contributed by atoms with Crippen LogP contribution in [0.25, 0.3) is 0 Å². The average Bonchev–Trinajstić information content (AvgIpc) is 1.95. The second kappa shape index (κ2) is 5.37. The highest BCUT2D eigenvalue weighted by molar-refractivity contribution is 4.92. The first-order valence-electron chi connectivity index (χ1n) is 4.59. The quantitative estimate of drug-likeness (QED) is 0.389. The third-order valence-electron chi connectivity index (χ3n) is 1.55. The van der Waals surface area contributed by atoms with Gasteiger partial charge in [-0.25, -0.2) is 0 Å². The zero-order valence-electron chi connectivity index (χ0n) is 9.18. The maximum absolute atomic E-state index is 5.60. The van der Waals surface area contributed by atoms with Gasteiger partial charge in [-0.2, -0.15) is 0 Å². The molecule has 0 fully saturated rings. The van der Waals surface area contributed by atoms with Crippen molar-refractivity contribution >= 4 is 0 Å². The van der Waals surface area contributed by atoms with Crippen molar-refractivity contribution in [3.63, 3.8) is 0 Å². The predicted octanol–water partition coefficient (Wildman–Crippen LogP) is 1.60. The normalized spacial score (nSPS) is 14.2. The molecule has 3 N–H and O–H groups in total. The second-order valence-corrected chi connectivity index (χ2v) is 4.45. The summed E-state index contributed by atoms with van der Waals surface area (Å²) in [6.45, 7) is 12.5. The molecule has 3 heteroatoms. The fourth-order valence-electron chi connectivity index (χ4n) is 0.937. The molecule has 0 aliphatic rings. The van der Waals surface area contributed by atoms with Gasteiger partial charge < -0.3 is 4.74 Å². The summed E-state index contributed by atoms with van der Waals surface area (Å²) in [5, 5.41) is 0. The van der Waals surface area contributed by atoms with Crippen molar-refractivity contribution in [1.82, 2.24) is 5.43 Å². The lowest BCUT2D eigenvalue weighted by Gasteiger charge is -2.24. The van der Waals surface area contributed by atoms with E-state index >= 15 is 0 Å². The molecular formula is C10H22N2O.